The van der Waals surface area contributed by atoms with Crippen molar-refractivity contribution in [1.82, 2.24) is 14.1 Å². The van der Waals surface area contributed by atoms with Gasteiger partial charge < -0.3 is 9.47 Å². The van der Waals surface area contributed by atoms with Crippen LogP contribution in [0.25, 0.3) is 0 Å². The third kappa shape index (κ3) is 4.22. The lowest BCUT2D eigenvalue weighted by Crippen LogP contribution is -2.46. The number of rotatable bonds is 6. The van der Waals surface area contributed by atoms with Crippen molar-refractivity contribution in [1.29, 1.82) is 0 Å². The lowest BCUT2D eigenvalue weighted by molar-refractivity contribution is -0.137. The van der Waals surface area contributed by atoms with Gasteiger partial charge in [-0.3, -0.25) is 18.9 Å². The van der Waals surface area contributed by atoms with Crippen molar-refractivity contribution in [3.8, 4) is 5.88 Å². The summed E-state index contributed by atoms with van der Waals surface area (Å²) in [6.07, 6.45) is 1.56. The molecule has 0 bridgehead atoms. The summed E-state index contributed by atoms with van der Waals surface area (Å²) in [4.78, 5) is 46.8. The van der Waals surface area contributed by atoms with E-state index < -0.39 is 11.7 Å². The van der Waals surface area contributed by atoms with Crippen molar-refractivity contribution in [2.45, 2.75) is 33.2 Å². The van der Waals surface area contributed by atoms with Gasteiger partial charge in [0.1, 0.15) is 12.3 Å². The predicted molar refractivity (Wildman–Crippen MR) is 117 cm³/mol. The van der Waals surface area contributed by atoms with Gasteiger partial charge in [-0.25, -0.2) is 14.6 Å². The molecule has 0 fully saturated rings. The van der Waals surface area contributed by atoms with Crippen LogP contribution >= 0.6 is 0 Å². The number of carbonyl (C=O) groups excluding carboxylic acids is 1. The third-order valence-electron chi connectivity index (χ3n) is 5.31. The van der Waals surface area contributed by atoms with Crippen LogP contribution in [0.15, 0.2) is 63.2 Å². The van der Waals surface area contributed by atoms with Crippen LogP contribution < -0.4 is 16.0 Å². The second-order valence-corrected chi connectivity index (χ2v) is 7.36. The Morgan fingerprint density at radius 2 is 1.91 bits per heavy atom. The smallest absolute Gasteiger partial charge is 0.354 e. The predicted octanol–water partition coefficient (Wildman–Crippen LogP) is 1.47. The second-order valence-electron chi connectivity index (χ2n) is 7.36. The van der Waals surface area contributed by atoms with Crippen molar-refractivity contribution in [3.05, 3.63) is 91.9 Å². The number of pyridine rings is 1. The molecule has 1 aliphatic heterocycles. The third-order valence-corrected chi connectivity index (χ3v) is 5.31. The molecule has 0 saturated heterocycles. The van der Waals surface area contributed by atoms with Gasteiger partial charge >= 0.3 is 11.7 Å². The Labute approximate surface area is 183 Å². The van der Waals surface area contributed by atoms with Gasteiger partial charge in [-0.15, -0.1) is 0 Å². The summed E-state index contributed by atoms with van der Waals surface area (Å²) < 4.78 is 13.0. The first-order chi connectivity index (χ1) is 15.5. The molecule has 32 heavy (non-hydrogen) atoms. The van der Waals surface area contributed by atoms with Crippen LogP contribution in [0.3, 0.4) is 0 Å². The molecule has 0 unspecified atom stereocenters. The summed E-state index contributed by atoms with van der Waals surface area (Å²) in [7, 11) is 1.50. The lowest BCUT2D eigenvalue weighted by atomic mass is 10.1. The van der Waals surface area contributed by atoms with E-state index in [1.807, 2.05) is 30.3 Å². The van der Waals surface area contributed by atoms with Gasteiger partial charge in [-0.1, -0.05) is 30.3 Å². The quantitative estimate of drug-likeness (QED) is 0.544. The van der Waals surface area contributed by atoms with Crippen LogP contribution in [-0.4, -0.2) is 32.9 Å². The van der Waals surface area contributed by atoms with Crippen LogP contribution in [-0.2, 0) is 35.8 Å². The Morgan fingerprint density at radius 1 is 1.12 bits per heavy atom. The van der Waals surface area contributed by atoms with E-state index >= 15 is 0 Å². The highest BCUT2D eigenvalue weighted by Crippen LogP contribution is 2.13. The van der Waals surface area contributed by atoms with Crippen molar-refractivity contribution in [2.24, 2.45) is 4.99 Å². The average molecular weight is 434 g/mol. The molecule has 164 valence electrons. The number of esters is 1. The zero-order valence-electron chi connectivity index (χ0n) is 17.8. The summed E-state index contributed by atoms with van der Waals surface area (Å²) in [5.74, 6) is -0.197. The Kier molecular flexibility index (Phi) is 5.98. The maximum Gasteiger partial charge on any atom is 0.354 e. The molecule has 1 aromatic carbocycles. The highest BCUT2D eigenvalue weighted by molar-refractivity contribution is 6.36. The molecule has 0 aliphatic carbocycles. The van der Waals surface area contributed by atoms with Crippen molar-refractivity contribution in [3.63, 3.8) is 0 Å². The van der Waals surface area contributed by atoms with Gasteiger partial charge in [0.2, 0.25) is 5.88 Å². The van der Waals surface area contributed by atoms with Gasteiger partial charge in [0.25, 0.3) is 5.56 Å². The molecule has 4 rings (SSSR count). The zero-order chi connectivity index (χ0) is 22.7. The zero-order valence-corrected chi connectivity index (χ0v) is 17.8. The molecule has 0 N–H and O–H groups in total. The van der Waals surface area contributed by atoms with Crippen LogP contribution in [0.5, 0.6) is 5.88 Å². The average Bonchev–Trinajstić information content (AvgIpc) is 2.84. The fourth-order valence-electron chi connectivity index (χ4n) is 3.53. The Morgan fingerprint density at radius 3 is 2.66 bits per heavy atom. The standard InChI is InChI=1S/C23H22N4O5/c1-15-19-11-25-18(22(29)32-14-17-8-9-24-20(10-17)31-2)13-26(19)23(30)27(21(15)28)12-16-6-4-3-5-7-16/h3-10H,11-14H2,1-2H3. The van der Waals surface area contributed by atoms with Gasteiger partial charge in [-0.05, 0) is 24.1 Å². The summed E-state index contributed by atoms with van der Waals surface area (Å²) in [6.45, 7) is 1.86. The number of hydrogen-bond acceptors (Lipinski definition) is 7. The number of benzene rings is 1. The first-order valence-corrected chi connectivity index (χ1v) is 10.0. The van der Waals surface area contributed by atoms with E-state index in [0.717, 1.165) is 5.56 Å². The van der Waals surface area contributed by atoms with E-state index in [1.165, 1.54) is 16.2 Å². The molecule has 0 saturated carbocycles. The fourth-order valence-corrected chi connectivity index (χ4v) is 3.53. The molecule has 9 nitrogen and oxygen atoms in total. The van der Waals surface area contributed by atoms with E-state index in [2.05, 4.69) is 9.98 Å². The van der Waals surface area contributed by atoms with Crippen LogP contribution in [0.1, 0.15) is 22.4 Å². The Bertz CT molecular complexity index is 1310. The summed E-state index contributed by atoms with van der Waals surface area (Å²) >= 11 is 0. The molecule has 1 aliphatic rings. The van der Waals surface area contributed by atoms with E-state index in [4.69, 9.17) is 9.47 Å². The Hall–Kier alpha value is -4.01. The van der Waals surface area contributed by atoms with Gasteiger partial charge in [0.15, 0.2) is 0 Å². The highest BCUT2D eigenvalue weighted by atomic mass is 16.5. The summed E-state index contributed by atoms with van der Waals surface area (Å²) in [5, 5.41) is 0. The Balaban J connectivity index is 1.55. The van der Waals surface area contributed by atoms with Crippen molar-refractivity contribution < 1.29 is 14.3 Å². The minimum atomic E-state index is -0.614. The van der Waals surface area contributed by atoms with E-state index in [9.17, 15) is 14.4 Å². The molecule has 0 radical (unpaired) electrons. The molecular formula is C23H22N4O5. The number of hydrogen-bond donors (Lipinski definition) is 0. The number of nitrogens with zero attached hydrogens (tertiary/aromatic N) is 4. The number of aliphatic imine (C=N–C) groups is 1. The molecule has 0 atom stereocenters. The minimum Gasteiger partial charge on any atom is -0.481 e. The van der Waals surface area contributed by atoms with Gasteiger partial charge in [0, 0.05) is 17.8 Å². The lowest BCUT2D eigenvalue weighted by Gasteiger charge is -2.21. The number of fused-ring (bicyclic) bond motifs is 1. The van der Waals surface area contributed by atoms with E-state index in [-0.39, 0.29) is 37.5 Å². The first kappa shape index (κ1) is 21.2. The monoisotopic (exact) mass is 434 g/mol. The van der Waals surface area contributed by atoms with Crippen molar-refractivity contribution in [2.75, 3.05) is 7.11 Å². The number of aromatic nitrogens is 3. The van der Waals surface area contributed by atoms with Crippen molar-refractivity contribution >= 4 is 11.7 Å². The first-order valence-electron chi connectivity index (χ1n) is 10.0. The van der Waals surface area contributed by atoms with Crippen LogP contribution in [0.4, 0.5) is 0 Å². The number of carbonyl (C=O) groups is 1. The second kappa shape index (κ2) is 9.01. The molecule has 3 heterocycles. The van der Waals surface area contributed by atoms with E-state index in [0.29, 0.717) is 22.7 Å². The SMILES string of the molecule is COc1cc(COC(=O)C2=NCc3c(C)c(=O)n(Cc4ccccc4)c(=O)n3C2)ccn1. The molecule has 0 spiro atoms. The summed E-state index contributed by atoms with van der Waals surface area (Å²) in [5.41, 5.74) is 1.82. The molecule has 3 aromatic rings. The molecule has 0 amide bonds. The molecule has 2 aromatic heterocycles. The molecular weight excluding hydrogens is 412 g/mol. The topological polar surface area (TPSA) is 105 Å². The van der Waals surface area contributed by atoms with E-state index in [1.54, 1.807) is 25.3 Å². The fraction of sp³-hybridized carbons (Fsp3) is 0.261. The normalized spacial score (nSPS) is 12.6. The highest BCUT2D eigenvalue weighted by Gasteiger charge is 2.24. The largest absolute Gasteiger partial charge is 0.481 e. The van der Waals surface area contributed by atoms with Crippen LogP contribution in [0.2, 0.25) is 0 Å². The van der Waals surface area contributed by atoms with Crippen LogP contribution in [0, 0.1) is 6.92 Å². The summed E-state index contributed by atoms with van der Waals surface area (Å²) in [6, 6.07) is 12.6. The van der Waals surface area contributed by atoms with Gasteiger partial charge in [-0.2, -0.15) is 0 Å². The maximum atomic E-state index is 13.1. The number of ether oxygens (including phenoxy) is 2. The molecule has 9 heteroatoms. The van der Waals surface area contributed by atoms with Gasteiger partial charge in [0.05, 0.1) is 32.4 Å². The number of methoxy groups -OCH3 is 1. The minimum absolute atomic E-state index is 0.0189. The maximum absolute atomic E-state index is 13.1.